The number of benzene rings is 1. The highest BCUT2D eigenvalue weighted by Crippen LogP contribution is 2.31. The van der Waals surface area contributed by atoms with E-state index in [1.54, 1.807) is 0 Å². The number of carbonyl (C=O) groups excluding carboxylic acids is 1. The number of ether oxygens (including phenoxy) is 2. The number of amides is 1. The monoisotopic (exact) mass is 323 g/mol. The molecule has 0 spiro atoms. The molecule has 1 aromatic rings. The molecule has 4 nitrogen and oxygen atoms in total. The molecule has 120 valence electrons. The van der Waals surface area contributed by atoms with E-state index in [1.807, 2.05) is 36.9 Å². The molecule has 2 fully saturated rings. The van der Waals surface area contributed by atoms with E-state index in [2.05, 4.69) is 0 Å². The number of aryl methyl sites for hydroxylation is 1. The van der Waals surface area contributed by atoms with Gasteiger partial charge in [-0.1, -0.05) is 17.7 Å². The van der Waals surface area contributed by atoms with Gasteiger partial charge in [-0.25, -0.2) is 0 Å². The molecule has 2 aliphatic heterocycles. The summed E-state index contributed by atoms with van der Waals surface area (Å²) >= 11 is 6.26. The SMILES string of the molecule is Cc1ccc(N(C(=O)C2CCCO2)[C@H]2CCO[C@H]2C)cc1Cl. The Kier molecular flexibility index (Phi) is 4.71. The van der Waals surface area contributed by atoms with Crippen molar-refractivity contribution in [3.8, 4) is 0 Å². The van der Waals surface area contributed by atoms with Crippen LogP contribution in [0.2, 0.25) is 5.02 Å². The molecule has 0 aromatic heterocycles. The van der Waals surface area contributed by atoms with Crippen molar-refractivity contribution in [3.05, 3.63) is 28.8 Å². The van der Waals surface area contributed by atoms with Gasteiger partial charge in [0.25, 0.3) is 5.91 Å². The van der Waals surface area contributed by atoms with E-state index in [-0.39, 0.29) is 24.2 Å². The van der Waals surface area contributed by atoms with E-state index in [9.17, 15) is 4.79 Å². The Morgan fingerprint density at radius 3 is 2.68 bits per heavy atom. The fraction of sp³-hybridized carbons (Fsp3) is 0.588. The van der Waals surface area contributed by atoms with Gasteiger partial charge in [0.2, 0.25) is 0 Å². The summed E-state index contributed by atoms with van der Waals surface area (Å²) in [6.45, 7) is 5.32. The maximum atomic E-state index is 13.0. The Balaban J connectivity index is 1.94. The Bertz CT molecular complexity index is 557. The number of nitrogens with zero attached hydrogens (tertiary/aromatic N) is 1. The van der Waals surface area contributed by atoms with Crippen molar-refractivity contribution in [1.29, 1.82) is 0 Å². The number of carbonyl (C=O) groups is 1. The molecule has 1 aromatic carbocycles. The Hall–Kier alpha value is -1.10. The largest absolute Gasteiger partial charge is 0.376 e. The predicted molar refractivity (Wildman–Crippen MR) is 86.5 cm³/mol. The molecule has 3 atom stereocenters. The normalized spacial score (nSPS) is 28.0. The minimum absolute atomic E-state index is 0.0189. The molecule has 2 aliphatic rings. The maximum Gasteiger partial charge on any atom is 0.256 e. The molecule has 2 saturated heterocycles. The molecule has 1 amide bonds. The van der Waals surface area contributed by atoms with Gasteiger partial charge in [0, 0.05) is 23.9 Å². The van der Waals surface area contributed by atoms with Crippen molar-refractivity contribution >= 4 is 23.2 Å². The number of hydrogen-bond acceptors (Lipinski definition) is 3. The zero-order valence-electron chi connectivity index (χ0n) is 13.0. The first-order valence-electron chi connectivity index (χ1n) is 7.90. The molecule has 0 saturated carbocycles. The summed E-state index contributed by atoms with van der Waals surface area (Å²) in [6, 6.07) is 5.82. The second-order valence-corrected chi connectivity index (χ2v) is 6.48. The first-order chi connectivity index (χ1) is 10.6. The highest BCUT2D eigenvalue weighted by atomic mass is 35.5. The van der Waals surface area contributed by atoms with Gasteiger partial charge in [0.1, 0.15) is 6.10 Å². The molecule has 0 N–H and O–H groups in total. The first-order valence-corrected chi connectivity index (χ1v) is 8.28. The molecule has 0 aliphatic carbocycles. The minimum atomic E-state index is -0.340. The zero-order valence-corrected chi connectivity index (χ0v) is 13.8. The van der Waals surface area contributed by atoms with E-state index in [4.69, 9.17) is 21.1 Å². The lowest BCUT2D eigenvalue weighted by Crippen LogP contribution is -2.48. The third-order valence-electron chi connectivity index (χ3n) is 4.54. The van der Waals surface area contributed by atoms with Crippen LogP contribution in [0.25, 0.3) is 0 Å². The highest BCUT2D eigenvalue weighted by molar-refractivity contribution is 6.31. The van der Waals surface area contributed by atoms with Crippen molar-refractivity contribution < 1.29 is 14.3 Å². The van der Waals surface area contributed by atoms with Crippen LogP contribution in [0.5, 0.6) is 0 Å². The van der Waals surface area contributed by atoms with Gasteiger partial charge >= 0.3 is 0 Å². The van der Waals surface area contributed by atoms with Gasteiger partial charge in [-0.05, 0) is 50.8 Å². The molecule has 1 unspecified atom stereocenters. The Morgan fingerprint density at radius 1 is 1.27 bits per heavy atom. The van der Waals surface area contributed by atoms with Crippen LogP contribution in [-0.4, -0.2) is 37.4 Å². The average Bonchev–Trinajstić information content (AvgIpc) is 3.15. The van der Waals surface area contributed by atoms with Crippen molar-refractivity contribution in [2.75, 3.05) is 18.1 Å². The Labute approximate surface area is 136 Å². The van der Waals surface area contributed by atoms with Gasteiger partial charge in [-0.3, -0.25) is 4.79 Å². The van der Waals surface area contributed by atoms with Crippen LogP contribution in [-0.2, 0) is 14.3 Å². The maximum absolute atomic E-state index is 13.0. The Morgan fingerprint density at radius 2 is 2.09 bits per heavy atom. The molecular formula is C17H22ClNO3. The molecule has 3 rings (SSSR count). The van der Waals surface area contributed by atoms with E-state index in [0.29, 0.717) is 18.2 Å². The van der Waals surface area contributed by atoms with Crippen LogP contribution < -0.4 is 4.90 Å². The van der Waals surface area contributed by atoms with E-state index in [1.165, 1.54) is 0 Å². The first kappa shape index (κ1) is 15.8. The average molecular weight is 324 g/mol. The van der Waals surface area contributed by atoms with Crippen LogP contribution in [0, 0.1) is 6.92 Å². The molecule has 22 heavy (non-hydrogen) atoms. The second-order valence-electron chi connectivity index (χ2n) is 6.08. The lowest BCUT2D eigenvalue weighted by Gasteiger charge is -2.33. The third kappa shape index (κ3) is 3.00. The van der Waals surface area contributed by atoms with Gasteiger partial charge in [0.05, 0.1) is 12.1 Å². The lowest BCUT2D eigenvalue weighted by atomic mass is 10.1. The molecule has 5 heteroatoms. The smallest absolute Gasteiger partial charge is 0.256 e. The summed E-state index contributed by atoms with van der Waals surface area (Å²) in [4.78, 5) is 14.8. The van der Waals surface area contributed by atoms with Gasteiger partial charge in [-0.15, -0.1) is 0 Å². The highest BCUT2D eigenvalue weighted by Gasteiger charge is 2.38. The second kappa shape index (κ2) is 6.57. The lowest BCUT2D eigenvalue weighted by molar-refractivity contribution is -0.128. The van der Waals surface area contributed by atoms with Crippen LogP contribution in [0.1, 0.15) is 31.7 Å². The standard InChI is InChI=1S/C17H22ClNO3/c1-11-5-6-13(10-14(11)18)19(15-7-9-21-12(15)2)17(20)16-4-3-8-22-16/h5-6,10,12,15-16H,3-4,7-9H2,1-2H3/t12-,15-,16?/m0/s1. The minimum Gasteiger partial charge on any atom is -0.376 e. The van der Waals surface area contributed by atoms with Crippen molar-refractivity contribution in [2.45, 2.75) is 51.4 Å². The van der Waals surface area contributed by atoms with Crippen LogP contribution in [0.4, 0.5) is 5.69 Å². The number of anilines is 1. The van der Waals surface area contributed by atoms with Crippen molar-refractivity contribution in [3.63, 3.8) is 0 Å². The summed E-state index contributed by atoms with van der Waals surface area (Å²) in [5, 5.41) is 0.675. The van der Waals surface area contributed by atoms with Gasteiger partial charge in [-0.2, -0.15) is 0 Å². The number of halogens is 1. The molecule has 2 heterocycles. The van der Waals surface area contributed by atoms with E-state index in [0.717, 1.165) is 30.5 Å². The van der Waals surface area contributed by atoms with E-state index < -0.39 is 0 Å². The fourth-order valence-corrected chi connectivity index (χ4v) is 3.38. The molecular weight excluding hydrogens is 302 g/mol. The predicted octanol–water partition coefficient (Wildman–Crippen LogP) is 3.34. The van der Waals surface area contributed by atoms with Crippen molar-refractivity contribution in [2.24, 2.45) is 0 Å². The third-order valence-corrected chi connectivity index (χ3v) is 4.95. The van der Waals surface area contributed by atoms with Crippen LogP contribution in [0.15, 0.2) is 18.2 Å². The number of hydrogen-bond donors (Lipinski definition) is 0. The van der Waals surface area contributed by atoms with E-state index >= 15 is 0 Å². The summed E-state index contributed by atoms with van der Waals surface area (Å²) in [7, 11) is 0. The van der Waals surface area contributed by atoms with Crippen molar-refractivity contribution in [1.82, 2.24) is 0 Å². The quantitative estimate of drug-likeness (QED) is 0.856. The topological polar surface area (TPSA) is 38.8 Å². The summed E-state index contributed by atoms with van der Waals surface area (Å²) in [6.07, 6.45) is 2.25. The van der Waals surface area contributed by atoms with Gasteiger partial charge in [0.15, 0.2) is 0 Å². The summed E-state index contributed by atoms with van der Waals surface area (Å²) in [5.41, 5.74) is 1.84. The molecule has 0 radical (unpaired) electrons. The van der Waals surface area contributed by atoms with Gasteiger partial charge < -0.3 is 14.4 Å². The van der Waals surface area contributed by atoms with Crippen LogP contribution in [0.3, 0.4) is 0 Å². The number of rotatable bonds is 3. The zero-order chi connectivity index (χ0) is 15.7. The summed E-state index contributed by atoms with van der Waals surface area (Å²) in [5.74, 6) is 0.0276. The molecule has 0 bridgehead atoms. The summed E-state index contributed by atoms with van der Waals surface area (Å²) < 4.78 is 11.3. The van der Waals surface area contributed by atoms with Crippen LogP contribution >= 0.6 is 11.6 Å². The fourth-order valence-electron chi connectivity index (χ4n) is 3.20.